The third-order valence-electron chi connectivity index (χ3n) is 1.74. The van der Waals surface area contributed by atoms with E-state index in [2.05, 4.69) is 4.99 Å². The molecule has 0 saturated heterocycles. The van der Waals surface area contributed by atoms with Crippen molar-refractivity contribution in [1.82, 2.24) is 0 Å². The van der Waals surface area contributed by atoms with Gasteiger partial charge in [-0.15, -0.1) is 0 Å². The standard InChI is InChI=1S/C9H6ClF2NO/c1-5(13-4-14)8-7(11)3-2-6(10)9(8)12/h2-3,5H,1H3. The van der Waals surface area contributed by atoms with Crippen LogP contribution in [-0.4, -0.2) is 6.08 Å². The van der Waals surface area contributed by atoms with Gasteiger partial charge >= 0.3 is 0 Å². The van der Waals surface area contributed by atoms with E-state index in [-0.39, 0.29) is 10.6 Å². The van der Waals surface area contributed by atoms with Crippen molar-refractivity contribution < 1.29 is 13.6 Å². The van der Waals surface area contributed by atoms with Gasteiger partial charge in [0.15, 0.2) is 0 Å². The third kappa shape index (κ3) is 1.97. The number of benzene rings is 1. The summed E-state index contributed by atoms with van der Waals surface area (Å²) in [5.74, 6) is -1.67. The Balaban J connectivity index is 3.31. The van der Waals surface area contributed by atoms with Crippen LogP contribution in [0.2, 0.25) is 5.02 Å². The molecule has 1 unspecified atom stereocenters. The molecular formula is C9H6ClF2NO. The topological polar surface area (TPSA) is 29.4 Å². The van der Waals surface area contributed by atoms with E-state index in [0.717, 1.165) is 12.1 Å². The van der Waals surface area contributed by atoms with Gasteiger partial charge in [-0.25, -0.2) is 13.6 Å². The van der Waals surface area contributed by atoms with Crippen molar-refractivity contribution in [2.24, 2.45) is 4.99 Å². The fourth-order valence-corrected chi connectivity index (χ4v) is 1.23. The second-order valence-corrected chi connectivity index (χ2v) is 3.06. The van der Waals surface area contributed by atoms with Crippen molar-refractivity contribution in [3.63, 3.8) is 0 Å². The lowest BCUT2D eigenvalue weighted by atomic mass is 10.1. The molecule has 1 aromatic rings. The van der Waals surface area contributed by atoms with Crippen LogP contribution < -0.4 is 0 Å². The molecule has 0 aromatic heterocycles. The van der Waals surface area contributed by atoms with Crippen LogP contribution in [0.5, 0.6) is 0 Å². The summed E-state index contributed by atoms with van der Waals surface area (Å²) >= 11 is 5.45. The van der Waals surface area contributed by atoms with Crippen molar-refractivity contribution in [1.29, 1.82) is 0 Å². The molecule has 0 heterocycles. The van der Waals surface area contributed by atoms with Gasteiger partial charge in [-0.3, -0.25) is 0 Å². The van der Waals surface area contributed by atoms with Crippen LogP contribution in [0, 0.1) is 11.6 Å². The number of carbonyl (C=O) groups excluding carboxylic acids is 1. The molecule has 0 aliphatic rings. The fourth-order valence-electron chi connectivity index (χ4n) is 1.07. The first-order valence-electron chi connectivity index (χ1n) is 3.78. The molecule has 1 atom stereocenters. The van der Waals surface area contributed by atoms with Crippen molar-refractivity contribution in [2.75, 3.05) is 0 Å². The largest absolute Gasteiger partial charge is 0.235 e. The molecule has 1 rings (SSSR count). The lowest BCUT2D eigenvalue weighted by molar-refractivity contribution is 0.530. The second-order valence-electron chi connectivity index (χ2n) is 2.65. The zero-order chi connectivity index (χ0) is 10.7. The van der Waals surface area contributed by atoms with E-state index in [1.807, 2.05) is 0 Å². The van der Waals surface area contributed by atoms with Crippen LogP contribution >= 0.6 is 11.6 Å². The molecule has 0 saturated carbocycles. The minimum Gasteiger partial charge on any atom is -0.211 e. The van der Waals surface area contributed by atoms with Gasteiger partial charge in [0.05, 0.1) is 16.6 Å². The molecule has 0 spiro atoms. The summed E-state index contributed by atoms with van der Waals surface area (Å²) in [6, 6.07) is 1.20. The molecule has 0 aliphatic carbocycles. The Kier molecular flexibility index (Phi) is 3.33. The summed E-state index contributed by atoms with van der Waals surface area (Å²) in [7, 11) is 0. The first-order chi connectivity index (χ1) is 6.57. The van der Waals surface area contributed by atoms with Gasteiger partial charge in [0.1, 0.15) is 11.6 Å². The number of hydrogen-bond acceptors (Lipinski definition) is 2. The first-order valence-corrected chi connectivity index (χ1v) is 4.16. The summed E-state index contributed by atoms with van der Waals surface area (Å²) in [4.78, 5) is 13.1. The molecule has 1 aromatic carbocycles. The minimum atomic E-state index is -0.925. The van der Waals surface area contributed by atoms with Gasteiger partial charge in [0.2, 0.25) is 6.08 Å². The van der Waals surface area contributed by atoms with E-state index in [1.165, 1.54) is 13.0 Å². The van der Waals surface area contributed by atoms with Crippen LogP contribution in [0.3, 0.4) is 0 Å². The van der Waals surface area contributed by atoms with Gasteiger partial charge in [-0.05, 0) is 19.1 Å². The number of aliphatic imine (C=N–C) groups is 1. The average molecular weight is 218 g/mol. The Bertz CT molecular complexity index is 402. The fraction of sp³-hybridized carbons (Fsp3) is 0.222. The van der Waals surface area contributed by atoms with Gasteiger partial charge in [-0.2, -0.15) is 4.99 Å². The second kappa shape index (κ2) is 4.31. The van der Waals surface area contributed by atoms with Crippen LogP contribution in [0.4, 0.5) is 8.78 Å². The smallest absolute Gasteiger partial charge is 0.211 e. The normalized spacial score (nSPS) is 12.0. The molecule has 5 heteroatoms. The maximum atomic E-state index is 13.3. The SMILES string of the molecule is CC(N=C=O)c1c(F)ccc(Cl)c1F. The summed E-state index contributed by atoms with van der Waals surface area (Å²) < 4.78 is 26.4. The summed E-state index contributed by atoms with van der Waals surface area (Å²) in [5.41, 5.74) is -0.319. The maximum absolute atomic E-state index is 13.3. The number of rotatable bonds is 2. The third-order valence-corrected chi connectivity index (χ3v) is 2.04. The number of isocyanates is 1. The molecule has 0 aliphatic heterocycles. The lowest BCUT2D eigenvalue weighted by Crippen LogP contribution is -1.99. The van der Waals surface area contributed by atoms with Gasteiger partial charge in [-0.1, -0.05) is 11.6 Å². The van der Waals surface area contributed by atoms with E-state index < -0.39 is 17.7 Å². The van der Waals surface area contributed by atoms with Crippen molar-refractivity contribution in [3.8, 4) is 0 Å². The van der Waals surface area contributed by atoms with Gasteiger partial charge in [0.25, 0.3) is 0 Å². The van der Waals surface area contributed by atoms with E-state index >= 15 is 0 Å². The van der Waals surface area contributed by atoms with Crippen molar-refractivity contribution in [2.45, 2.75) is 13.0 Å². The van der Waals surface area contributed by atoms with Crippen LogP contribution in [0.25, 0.3) is 0 Å². The molecular weight excluding hydrogens is 212 g/mol. The number of halogens is 3. The highest BCUT2D eigenvalue weighted by molar-refractivity contribution is 6.30. The summed E-state index contributed by atoms with van der Waals surface area (Å²) in [6.07, 6.45) is 1.24. The van der Waals surface area contributed by atoms with Crippen LogP contribution in [-0.2, 0) is 4.79 Å². The minimum absolute atomic E-state index is 0.200. The zero-order valence-corrected chi connectivity index (χ0v) is 7.98. The van der Waals surface area contributed by atoms with E-state index in [4.69, 9.17) is 11.6 Å². The molecule has 0 N–H and O–H groups in total. The Morgan fingerprint density at radius 1 is 1.50 bits per heavy atom. The quantitative estimate of drug-likeness (QED) is 0.425. The van der Waals surface area contributed by atoms with E-state index in [0.29, 0.717) is 0 Å². The lowest BCUT2D eigenvalue weighted by Gasteiger charge is -2.08. The van der Waals surface area contributed by atoms with Crippen molar-refractivity contribution in [3.05, 3.63) is 34.4 Å². The van der Waals surface area contributed by atoms with E-state index in [9.17, 15) is 13.6 Å². The Morgan fingerprint density at radius 2 is 2.14 bits per heavy atom. The highest BCUT2D eigenvalue weighted by Gasteiger charge is 2.17. The zero-order valence-electron chi connectivity index (χ0n) is 7.22. The number of hydrogen-bond donors (Lipinski definition) is 0. The van der Waals surface area contributed by atoms with Gasteiger partial charge in [0, 0.05) is 0 Å². The van der Waals surface area contributed by atoms with Crippen molar-refractivity contribution >= 4 is 17.7 Å². The summed E-state index contributed by atoms with van der Waals surface area (Å²) in [5, 5.41) is -0.200. The van der Waals surface area contributed by atoms with Gasteiger partial charge < -0.3 is 0 Å². The monoisotopic (exact) mass is 217 g/mol. The first kappa shape index (κ1) is 10.8. The predicted octanol–water partition coefficient (Wildman–Crippen LogP) is 3.02. The van der Waals surface area contributed by atoms with Crippen LogP contribution in [0.15, 0.2) is 17.1 Å². The maximum Gasteiger partial charge on any atom is 0.235 e. The highest BCUT2D eigenvalue weighted by atomic mass is 35.5. The highest BCUT2D eigenvalue weighted by Crippen LogP contribution is 2.27. The van der Waals surface area contributed by atoms with E-state index in [1.54, 1.807) is 0 Å². The molecule has 14 heavy (non-hydrogen) atoms. The number of nitrogens with zero attached hydrogens (tertiary/aromatic N) is 1. The molecule has 0 radical (unpaired) electrons. The molecule has 74 valence electrons. The molecule has 0 fully saturated rings. The molecule has 0 bridgehead atoms. The Hall–Kier alpha value is -1.25. The molecule has 2 nitrogen and oxygen atoms in total. The van der Waals surface area contributed by atoms with Crippen LogP contribution in [0.1, 0.15) is 18.5 Å². The average Bonchev–Trinajstić information content (AvgIpc) is 2.13. The Morgan fingerprint density at radius 3 is 2.71 bits per heavy atom. The summed E-state index contributed by atoms with van der Waals surface area (Å²) in [6.45, 7) is 1.38. The Labute approximate surface area is 84.2 Å². The molecule has 0 amide bonds. The predicted molar refractivity (Wildman–Crippen MR) is 47.9 cm³/mol.